The summed E-state index contributed by atoms with van der Waals surface area (Å²) in [5, 5.41) is 14.9. The highest BCUT2D eigenvalue weighted by molar-refractivity contribution is 5.19. The first-order valence-corrected chi connectivity index (χ1v) is 7.22. The van der Waals surface area contributed by atoms with Gasteiger partial charge in [0.25, 0.3) is 0 Å². The van der Waals surface area contributed by atoms with Crippen LogP contribution in [0, 0.1) is 0 Å². The first kappa shape index (κ1) is 12.0. The molecule has 2 N–H and O–H groups in total. The molecule has 0 amide bonds. The Hall–Kier alpha value is -1.10. The number of aromatic nitrogens is 2. The Bertz CT molecular complexity index is 367. The van der Waals surface area contributed by atoms with Crippen molar-refractivity contribution in [3.8, 4) is 0 Å². The molecule has 0 saturated heterocycles. The number of nitrogens with one attached hydrogen (secondary N) is 2. The van der Waals surface area contributed by atoms with E-state index in [1.165, 1.54) is 51.4 Å². The molecular formula is C13H22N4O. The largest absolute Gasteiger partial charge is 0.407 e. The summed E-state index contributed by atoms with van der Waals surface area (Å²) < 4.78 is 5.61. The van der Waals surface area contributed by atoms with Crippen molar-refractivity contribution in [2.75, 3.05) is 5.32 Å². The maximum atomic E-state index is 5.61. The van der Waals surface area contributed by atoms with Crippen molar-refractivity contribution in [1.82, 2.24) is 15.5 Å². The molecule has 0 spiro atoms. The Labute approximate surface area is 108 Å². The van der Waals surface area contributed by atoms with E-state index in [2.05, 4.69) is 20.8 Å². The highest BCUT2D eigenvalue weighted by atomic mass is 16.4. The van der Waals surface area contributed by atoms with Crippen LogP contribution in [-0.4, -0.2) is 22.3 Å². The van der Waals surface area contributed by atoms with Gasteiger partial charge in [0.1, 0.15) is 0 Å². The molecule has 1 aromatic heterocycles. The average molecular weight is 250 g/mol. The molecule has 100 valence electrons. The van der Waals surface area contributed by atoms with Crippen molar-refractivity contribution in [1.29, 1.82) is 0 Å². The summed E-state index contributed by atoms with van der Waals surface area (Å²) in [4.78, 5) is 0. The minimum absolute atomic E-state index is 0.511. The lowest BCUT2D eigenvalue weighted by Crippen LogP contribution is -2.18. The zero-order valence-electron chi connectivity index (χ0n) is 10.8. The van der Waals surface area contributed by atoms with E-state index in [4.69, 9.17) is 4.42 Å². The van der Waals surface area contributed by atoms with E-state index < -0.39 is 0 Å². The normalized spacial score (nSPS) is 21.8. The molecule has 5 heteroatoms. The van der Waals surface area contributed by atoms with Crippen molar-refractivity contribution in [2.24, 2.45) is 0 Å². The predicted molar refractivity (Wildman–Crippen MR) is 69.3 cm³/mol. The molecule has 1 heterocycles. The molecule has 2 aliphatic rings. The lowest BCUT2D eigenvalue weighted by atomic mass is 10.1. The monoisotopic (exact) mass is 250 g/mol. The Balaban J connectivity index is 1.48. The van der Waals surface area contributed by atoms with Crippen LogP contribution in [0.3, 0.4) is 0 Å². The SMILES string of the molecule is C1CCCC(Nc2nnc(CNC3CC3)o2)CC1. The van der Waals surface area contributed by atoms with E-state index in [1.807, 2.05) is 0 Å². The topological polar surface area (TPSA) is 63.0 Å². The summed E-state index contributed by atoms with van der Waals surface area (Å²) in [7, 11) is 0. The number of hydrogen-bond donors (Lipinski definition) is 2. The maximum Gasteiger partial charge on any atom is 0.315 e. The Kier molecular flexibility index (Phi) is 3.78. The number of rotatable bonds is 5. The molecule has 0 unspecified atom stereocenters. The standard InChI is InChI=1S/C13H22N4O/c1-2-4-6-11(5-3-1)15-13-17-16-12(18-13)9-14-10-7-8-10/h10-11,14H,1-9H2,(H,15,17). The molecule has 0 aromatic carbocycles. The Morgan fingerprint density at radius 2 is 1.72 bits per heavy atom. The van der Waals surface area contributed by atoms with Crippen LogP contribution in [0.1, 0.15) is 57.3 Å². The van der Waals surface area contributed by atoms with Gasteiger partial charge in [0, 0.05) is 12.1 Å². The van der Waals surface area contributed by atoms with Gasteiger partial charge in [-0.15, -0.1) is 5.10 Å². The highest BCUT2D eigenvalue weighted by Gasteiger charge is 2.21. The van der Waals surface area contributed by atoms with Gasteiger partial charge in [-0.05, 0) is 25.7 Å². The average Bonchev–Trinajstić information content (AvgIpc) is 3.14. The van der Waals surface area contributed by atoms with E-state index >= 15 is 0 Å². The fourth-order valence-electron chi connectivity index (χ4n) is 2.50. The molecule has 0 aliphatic heterocycles. The van der Waals surface area contributed by atoms with E-state index in [0.29, 0.717) is 30.5 Å². The Morgan fingerprint density at radius 3 is 2.44 bits per heavy atom. The minimum atomic E-state index is 0.511. The summed E-state index contributed by atoms with van der Waals surface area (Å²) in [5.41, 5.74) is 0. The van der Waals surface area contributed by atoms with Crippen molar-refractivity contribution < 1.29 is 4.42 Å². The maximum absolute atomic E-state index is 5.61. The Morgan fingerprint density at radius 1 is 0.944 bits per heavy atom. The van der Waals surface area contributed by atoms with E-state index in [-0.39, 0.29) is 0 Å². The fourth-order valence-corrected chi connectivity index (χ4v) is 2.50. The van der Waals surface area contributed by atoms with Crippen LogP contribution in [-0.2, 0) is 6.54 Å². The second-order valence-corrected chi connectivity index (χ2v) is 5.49. The van der Waals surface area contributed by atoms with E-state index in [9.17, 15) is 0 Å². The summed E-state index contributed by atoms with van der Waals surface area (Å²) in [6.45, 7) is 0.698. The van der Waals surface area contributed by atoms with Crippen molar-refractivity contribution in [3.05, 3.63) is 5.89 Å². The number of hydrogen-bond acceptors (Lipinski definition) is 5. The van der Waals surface area contributed by atoms with Crippen LogP contribution in [0.15, 0.2) is 4.42 Å². The van der Waals surface area contributed by atoms with Crippen molar-refractivity contribution in [3.63, 3.8) is 0 Å². The molecule has 0 bridgehead atoms. The molecule has 0 atom stereocenters. The van der Waals surface area contributed by atoms with Gasteiger partial charge >= 0.3 is 6.01 Å². The highest BCUT2D eigenvalue weighted by Crippen LogP contribution is 2.21. The fraction of sp³-hybridized carbons (Fsp3) is 0.846. The van der Waals surface area contributed by atoms with Gasteiger partial charge in [-0.2, -0.15) is 0 Å². The third-order valence-electron chi connectivity index (χ3n) is 3.77. The van der Waals surface area contributed by atoms with Gasteiger partial charge in [0.05, 0.1) is 6.54 Å². The van der Waals surface area contributed by atoms with E-state index in [1.54, 1.807) is 0 Å². The van der Waals surface area contributed by atoms with Gasteiger partial charge in [0.2, 0.25) is 5.89 Å². The first-order chi connectivity index (χ1) is 8.90. The van der Waals surface area contributed by atoms with Crippen LogP contribution < -0.4 is 10.6 Å². The second-order valence-electron chi connectivity index (χ2n) is 5.49. The van der Waals surface area contributed by atoms with Crippen LogP contribution in [0.2, 0.25) is 0 Å². The molecule has 2 aliphatic carbocycles. The van der Waals surface area contributed by atoms with Gasteiger partial charge in [-0.25, -0.2) is 0 Å². The lowest BCUT2D eigenvalue weighted by molar-refractivity contribution is 0.467. The van der Waals surface area contributed by atoms with E-state index in [0.717, 1.165) is 0 Å². The molecular weight excluding hydrogens is 228 g/mol. The quantitative estimate of drug-likeness (QED) is 0.786. The molecule has 1 aromatic rings. The molecule has 5 nitrogen and oxygen atoms in total. The number of nitrogens with zero attached hydrogens (tertiary/aromatic N) is 2. The second kappa shape index (κ2) is 5.69. The van der Waals surface area contributed by atoms with Gasteiger partial charge < -0.3 is 15.1 Å². The third-order valence-corrected chi connectivity index (χ3v) is 3.77. The summed E-state index contributed by atoms with van der Waals surface area (Å²) >= 11 is 0. The summed E-state index contributed by atoms with van der Waals surface area (Å²) in [5.74, 6) is 0.693. The molecule has 18 heavy (non-hydrogen) atoms. The molecule has 2 saturated carbocycles. The van der Waals surface area contributed by atoms with Gasteiger partial charge in [-0.1, -0.05) is 30.8 Å². The smallest absolute Gasteiger partial charge is 0.315 e. The van der Waals surface area contributed by atoms with Crippen molar-refractivity contribution in [2.45, 2.75) is 70.0 Å². The molecule has 0 radical (unpaired) electrons. The van der Waals surface area contributed by atoms with Gasteiger partial charge in [0.15, 0.2) is 0 Å². The minimum Gasteiger partial charge on any atom is -0.407 e. The van der Waals surface area contributed by atoms with Crippen LogP contribution >= 0.6 is 0 Å². The van der Waals surface area contributed by atoms with Crippen LogP contribution in [0.25, 0.3) is 0 Å². The van der Waals surface area contributed by atoms with Crippen LogP contribution in [0.5, 0.6) is 0 Å². The summed E-state index contributed by atoms with van der Waals surface area (Å²) in [6, 6.07) is 1.78. The molecule has 2 fully saturated rings. The van der Waals surface area contributed by atoms with Gasteiger partial charge in [-0.3, -0.25) is 0 Å². The third kappa shape index (κ3) is 3.45. The van der Waals surface area contributed by atoms with Crippen molar-refractivity contribution >= 4 is 6.01 Å². The number of anilines is 1. The summed E-state index contributed by atoms with van der Waals surface area (Å²) in [6.07, 6.45) is 10.3. The first-order valence-electron chi connectivity index (χ1n) is 7.22. The molecule has 3 rings (SSSR count). The van der Waals surface area contributed by atoms with Crippen LogP contribution in [0.4, 0.5) is 6.01 Å². The zero-order valence-corrected chi connectivity index (χ0v) is 10.8. The lowest BCUT2D eigenvalue weighted by Gasteiger charge is -2.13. The zero-order chi connectivity index (χ0) is 12.2. The predicted octanol–water partition coefficient (Wildman–Crippen LogP) is 2.46.